The largest absolute Gasteiger partial charge is 0.404 e. The van der Waals surface area contributed by atoms with Gasteiger partial charge in [-0.15, -0.1) is 24.8 Å². The summed E-state index contributed by atoms with van der Waals surface area (Å²) in [6.07, 6.45) is 1.12. The predicted octanol–water partition coefficient (Wildman–Crippen LogP) is 4.29. The van der Waals surface area contributed by atoms with Crippen molar-refractivity contribution in [1.82, 2.24) is 10.2 Å². The molecule has 2 aliphatic rings. The Kier molecular flexibility index (Phi) is 10.2. The fourth-order valence-corrected chi connectivity index (χ4v) is 4.06. The number of rotatable bonds is 5. The molecule has 166 valence electrons. The van der Waals surface area contributed by atoms with Gasteiger partial charge in [-0.2, -0.15) is 13.2 Å². The third kappa shape index (κ3) is 7.31. The van der Waals surface area contributed by atoms with Gasteiger partial charge >= 0.3 is 6.18 Å². The van der Waals surface area contributed by atoms with Crippen molar-refractivity contribution in [3.05, 3.63) is 34.9 Å². The van der Waals surface area contributed by atoms with Crippen molar-refractivity contribution in [2.45, 2.75) is 69.8 Å². The Morgan fingerprint density at radius 2 is 1.86 bits per heavy atom. The van der Waals surface area contributed by atoms with Gasteiger partial charge in [-0.1, -0.05) is 24.6 Å². The minimum atomic E-state index is -4.55. The molecule has 9 heteroatoms. The first kappa shape index (κ1) is 26.0. The minimum Gasteiger partial charge on any atom is -0.349 e. The summed E-state index contributed by atoms with van der Waals surface area (Å²) in [5.74, 6) is -0.643. The van der Waals surface area contributed by atoms with Gasteiger partial charge in [0.25, 0.3) is 0 Å². The number of alkyl halides is 3. The molecule has 1 aliphatic carbocycles. The molecule has 0 bridgehead atoms. The molecule has 0 radical (unpaired) electrons. The lowest BCUT2D eigenvalue weighted by atomic mass is 9.86. The zero-order chi connectivity index (χ0) is 19.4. The summed E-state index contributed by atoms with van der Waals surface area (Å²) in [5.41, 5.74) is 8.56. The SMILES string of the molecule is Cl.Cl.NC(CC(=O)N[C@@H]1CCCc2cc(CN3CCCCC3)ccc21)C(F)(F)F. The van der Waals surface area contributed by atoms with Crippen LogP contribution in [-0.2, 0) is 17.8 Å². The summed E-state index contributed by atoms with van der Waals surface area (Å²) < 4.78 is 37.7. The molecule has 1 aromatic carbocycles. The van der Waals surface area contributed by atoms with Gasteiger partial charge in [-0.05, 0) is 61.9 Å². The Bertz CT molecular complexity index is 667. The Morgan fingerprint density at radius 3 is 2.52 bits per heavy atom. The number of halogens is 5. The second-order valence-electron chi connectivity index (χ2n) is 7.73. The highest BCUT2D eigenvalue weighted by Crippen LogP contribution is 2.31. The maximum Gasteiger partial charge on any atom is 0.404 e. The van der Waals surface area contributed by atoms with Crippen LogP contribution in [0.3, 0.4) is 0 Å². The van der Waals surface area contributed by atoms with E-state index in [-0.39, 0.29) is 30.9 Å². The second kappa shape index (κ2) is 11.4. The number of nitrogens with two attached hydrogens (primary N) is 1. The summed E-state index contributed by atoms with van der Waals surface area (Å²) in [6, 6.07) is 3.96. The van der Waals surface area contributed by atoms with E-state index in [4.69, 9.17) is 5.73 Å². The van der Waals surface area contributed by atoms with Gasteiger partial charge in [0.15, 0.2) is 0 Å². The number of likely N-dealkylation sites (tertiary alicyclic amines) is 1. The van der Waals surface area contributed by atoms with Crippen molar-refractivity contribution < 1.29 is 18.0 Å². The van der Waals surface area contributed by atoms with Crippen molar-refractivity contribution in [3.63, 3.8) is 0 Å². The van der Waals surface area contributed by atoms with Crippen LogP contribution in [0.2, 0.25) is 0 Å². The van der Waals surface area contributed by atoms with E-state index in [0.29, 0.717) is 0 Å². The number of amides is 1. The van der Waals surface area contributed by atoms with Gasteiger partial charge in [-0.3, -0.25) is 9.69 Å². The Labute approximate surface area is 182 Å². The molecule has 1 aromatic rings. The molecule has 1 heterocycles. The quantitative estimate of drug-likeness (QED) is 0.695. The van der Waals surface area contributed by atoms with Crippen LogP contribution >= 0.6 is 24.8 Å². The van der Waals surface area contributed by atoms with Crippen LogP contribution in [0.1, 0.15) is 61.3 Å². The second-order valence-corrected chi connectivity index (χ2v) is 7.73. The van der Waals surface area contributed by atoms with Crippen LogP contribution in [-0.4, -0.2) is 36.1 Å². The molecule has 1 unspecified atom stereocenters. The van der Waals surface area contributed by atoms with E-state index in [1.807, 2.05) is 6.07 Å². The Hall–Kier alpha value is -1.02. The lowest BCUT2D eigenvalue weighted by molar-refractivity contribution is -0.154. The molecule has 4 nitrogen and oxygen atoms in total. The van der Waals surface area contributed by atoms with Gasteiger partial charge in [0.1, 0.15) is 6.04 Å². The summed E-state index contributed by atoms with van der Waals surface area (Å²) in [6.45, 7) is 3.20. The van der Waals surface area contributed by atoms with Crippen molar-refractivity contribution in [2.75, 3.05) is 13.1 Å². The van der Waals surface area contributed by atoms with Gasteiger partial charge in [-0.25, -0.2) is 0 Å². The van der Waals surface area contributed by atoms with Gasteiger partial charge in [0.2, 0.25) is 5.91 Å². The van der Waals surface area contributed by atoms with Crippen LogP contribution in [0.15, 0.2) is 18.2 Å². The van der Waals surface area contributed by atoms with Crippen molar-refractivity contribution in [3.8, 4) is 0 Å². The van der Waals surface area contributed by atoms with Crippen molar-refractivity contribution in [2.24, 2.45) is 5.73 Å². The number of nitrogens with one attached hydrogen (secondary N) is 1. The van der Waals surface area contributed by atoms with E-state index in [1.54, 1.807) is 0 Å². The minimum absolute atomic E-state index is 0. The van der Waals surface area contributed by atoms with Crippen molar-refractivity contribution >= 4 is 30.7 Å². The molecule has 1 fully saturated rings. The molecule has 29 heavy (non-hydrogen) atoms. The molecule has 0 aromatic heterocycles. The predicted molar refractivity (Wildman–Crippen MR) is 113 cm³/mol. The molecule has 3 N–H and O–H groups in total. The fourth-order valence-electron chi connectivity index (χ4n) is 4.06. The first-order valence-electron chi connectivity index (χ1n) is 9.78. The van der Waals surface area contributed by atoms with Gasteiger partial charge in [0.05, 0.1) is 12.5 Å². The average Bonchev–Trinajstić information content (AvgIpc) is 2.62. The topological polar surface area (TPSA) is 58.4 Å². The Morgan fingerprint density at radius 1 is 1.17 bits per heavy atom. The van der Waals surface area contributed by atoms with E-state index in [1.165, 1.54) is 30.4 Å². The number of fused-ring (bicyclic) bond motifs is 1. The Balaban J connectivity index is 0.00000210. The standard InChI is InChI=1S/C20H28F3N3O.2ClH/c21-20(22,23)18(24)12-19(27)25-17-6-4-5-15-11-14(7-8-16(15)17)13-26-9-2-1-3-10-26;;/h7-8,11,17-18H,1-6,9-10,12-13,24H2,(H,25,27);2*1H/t17-,18?;;/m1../s1. The molecule has 1 saturated heterocycles. The number of benzene rings is 1. The van der Waals surface area contributed by atoms with E-state index in [9.17, 15) is 18.0 Å². The third-order valence-corrected chi connectivity index (χ3v) is 5.54. The maximum absolute atomic E-state index is 12.6. The van der Waals surface area contributed by atoms with Crippen LogP contribution in [0.4, 0.5) is 13.2 Å². The first-order valence-corrected chi connectivity index (χ1v) is 9.78. The van der Waals surface area contributed by atoms with E-state index >= 15 is 0 Å². The first-order chi connectivity index (χ1) is 12.8. The van der Waals surface area contributed by atoms with Gasteiger partial charge in [0, 0.05) is 6.54 Å². The monoisotopic (exact) mass is 455 g/mol. The third-order valence-electron chi connectivity index (χ3n) is 5.54. The number of nitrogens with zero attached hydrogens (tertiary/aromatic N) is 1. The highest BCUT2D eigenvalue weighted by molar-refractivity contribution is 5.85. The van der Waals surface area contributed by atoms with Crippen molar-refractivity contribution in [1.29, 1.82) is 0 Å². The lowest BCUT2D eigenvalue weighted by Gasteiger charge is -2.29. The normalized spacial score (nSPS) is 20.6. The van der Waals surface area contributed by atoms with Crippen LogP contribution in [0.5, 0.6) is 0 Å². The number of carbonyl (C=O) groups excluding carboxylic acids is 1. The summed E-state index contributed by atoms with van der Waals surface area (Å²) in [4.78, 5) is 14.5. The smallest absolute Gasteiger partial charge is 0.349 e. The molecule has 0 spiro atoms. The molecule has 0 saturated carbocycles. The number of hydrogen-bond donors (Lipinski definition) is 2. The summed E-state index contributed by atoms with van der Waals surface area (Å²) in [7, 11) is 0. The van der Waals surface area contributed by atoms with Crippen LogP contribution in [0.25, 0.3) is 0 Å². The highest BCUT2D eigenvalue weighted by atomic mass is 35.5. The number of hydrogen-bond acceptors (Lipinski definition) is 3. The molecular weight excluding hydrogens is 426 g/mol. The molecule has 1 aliphatic heterocycles. The lowest BCUT2D eigenvalue weighted by Crippen LogP contribution is -2.42. The van der Waals surface area contributed by atoms with Crippen LogP contribution < -0.4 is 11.1 Å². The number of carbonyl (C=O) groups is 1. The van der Waals surface area contributed by atoms with Crippen LogP contribution in [0, 0.1) is 0 Å². The van der Waals surface area contributed by atoms with E-state index in [0.717, 1.165) is 44.5 Å². The molecule has 2 atom stereocenters. The zero-order valence-corrected chi connectivity index (χ0v) is 18.0. The number of piperidine rings is 1. The number of aryl methyl sites for hydroxylation is 1. The zero-order valence-electron chi connectivity index (χ0n) is 16.3. The average molecular weight is 456 g/mol. The maximum atomic E-state index is 12.6. The molecule has 3 rings (SSSR count). The summed E-state index contributed by atoms with van der Waals surface area (Å²) >= 11 is 0. The molecule has 1 amide bonds. The fraction of sp³-hybridized carbons (Fsp3) is 0.650. The summed E-state index contributed by atoms with van der Waals surface area (Å²) in [5, 5.41) is 2.75. The highest BCUT2D eigenvalue weighted by Gasteiger charge is 2.38. The van der Waals surface area contributed by atoms with Gasteiger partial charge < -0.3 is 11.1 Å². The van der Waals surface area contributed by atoms with E-state index < -0.39 is 24.5 Å². The molecular formula is C20H30Cl2F3N3O. The van der Waals surface area contributed by atoms with E-state index in [2.05, 4.69) is 22.3 Å².